The van der Waals surface area contributed by atoms with E-state index in [0.29, 0.717) is 31.1 Å². The summed E-state index contributed by atoms with van der Waals surface area (Å²) in [6.07, 6.45) is 7.63. The number of aromatic nitrogens is 4. The van der Waals surface area contributed by atoms with E-state index in [2.05, 4.69) is 32.7 Å². The van der Waals surface area contributed by atoms with E-state index in [4.69, 9.17) is 9.97 Å². The molecule has 2 aliphatic heterocycles. The van der Waals surface area contributed by atoms with Crippen LogP contribution < -0.4 is 16.0 Å². The van der Waals surface area contributed by atoms with Gasteiger partial charge in [-0.3, -0.25) is 9.59 Å². The Morgan fingerprint density at radius 3 is 2.78 bits per heavy atom. The average Bonchev–Trinajstić information content (AvgIpc) is 3.95. The molecule has 9 nitrogen and oxygen atoms in total. The summed E-state index contributed by atoms with van der Waals surface area (Å²) in [5.41, 5.74) is 4.65. The van der Waals surface area contributed by atoms with Crippen LogP contribution in [0.2, 0.25) is 0 Å². The van der Waals surface area contributed by atoms with Crippen LogP contribution >= 0.6 is 0 Å². The van der Waals surface area contributed by atoms with Gasteiger partial charge in [-0.2, -0.15) is 0 Å². The summed E-state index contributed by atoms with van der Waals surface area (Å²) in [4.78, 5) is 36.1. The number of piperidine rings is 1. The first-order valence-electron chi connectivity index (χ1n) is 16.5. The highest BCUT2D eigenvalue weighted by Gasteiger charge is 2.42. The average molecular weight is 616 g/mol. The van der Waals surface area contributed by atoms with Gasteiger partial charge in [-0.25, -0.2) is 18.7 Å². The molecule has 11 heteroatoms. The van der Waals surface area contributed by atoms with E-state index in [1.807, 2.05) is 13.0 Å². The number of nitrogens with zero attached hydrogens (tertiary/aromatic N) is 4. The molecular weight excluding hydrogens is 576 g/mol. The number of amides is 2. The third-order valence-corrected chi connectivity index (χ3v) is 10.2. The van der Waals surface area contributed by atoms with Crippen molar-refractivity contribution in [3.63, 3.8) is 0 Å². The lowest BCUT2D eigenvalue weighted by Gasteiger charge is -2.27. The van der Waals surface area contributed by atoms with E-state index in [-0.39, 0.29) is 29.3 Å². The molecule has 3 fully saturated rings. The SMILES string of the molecule is C[C@H]1NC(=O)[C@@H]2C[C@H]2CCCCCn2c(-c3nc4cc(C(=O)N[C@H]5CNCC[C@@H]5F)c(F)cn4c3C3CC3)cc3ccc1nc32. The number of hydrogen-bond donors (Lipinski definition) is 3. The number of aryl methyl sites for hydroxylation is 1. The molecule has 2 bridgehead atoms. The summed E-state index contributed by atoms with van der Waals surface area (Å²) in [7, 11) is 0. The number of rotatable bonds is 4. The zero-order chi connectivity index (χ0) is 30.8. The van der Waals surface area contributed by atoms with Crippen LogP contribution in [0.1, 0.15) is 92.0 Å². The Morgan fingerprint density at radius 2 is 1.96 bits per heavy atom. The number of halogens is 2. The largest absolute Gasteiger partial charge is 0.348 e. The van der Waals surface area contributed by atoms with Gasteiger partial charge in [0.2, 0.25) is 5.91 Å². The highest BCUT2D eigenvalue weighted by molar-refractivity contribution is 5.96. The monoisotopic (exact) mass is 615 g/mol. The summed E-state index contributed by atoms with van der Waals surface area (Å²) in [6.45, 7) is 3.61. The van der Waals surface area contributed by atoms with Crippen LogP contribution in [0.15, 0.2) is 30.5 Å². The van der Waals surface area contributed by atoms with Gasteiger partial charge in [0.05, 0.1) is 34.7 Å². The van der Waals surface area contributed by atoms with Crippen molar-refractivity contribution >= 4 is 28.5 Å². The molecule has 4 aromatic heterocycles. The Morgan fingerprint density at radius 1 is 1.09 bits per heavy atom. The Labute approximate surface area is 260 Å². The van der Waals surface area contributed by atoms with Crippen molar-refractivity contribution in [1.29, 1.82) is 0 Å². The lowest BCUT2D eigenvalue weighted by molar-refractivity contribution is -0.123. The highest BCUT2D eigenvalue weighted by atomic mass is 19.1. The molecule has 6 heterocycles. The van der Waals surface area contributed by atoms with Crippen LogP contribution in [-0.4, -0.2) is 56.1 Å². The topological polar surface area (TPSA) is 105 Å². The number of carbonyl (C=O) groups excluding carboxylic acids is 2. The maximum absolute atomic E-state index is 15.6. The Balaban J connectivity index is 1.20. The molecule has 45 heavy (non-hydrogen) atoms. The predicted octanol–water partition coefficient (Wildman–Crippen LogP) is 5.18. The minimum atomic E-state index is -1.18. The van der Waals surface area contributed by atoms with Crippen molar-refractivity contribution in [3.8, 4) is 11.4 Å². The van der Waals surface area contributed by atoms with Crippen LogP contribution in [0.4, 0.5) is 8.78 Å². The summed E-state index contributed by atoms with van der Waals surface area (Å²) in [5, 5.41) is 9.93. The molecule has 0 unspecified atom stereocenters. The standard InChI is InChI=1S/C34H39F2N7O2/c1-18-26-9-8-21-14-28(42(32(21)39-26)12-4-2-3-5-20-13-22(20)33(44)38-18)30-31(19-6-7-19)43-17-25(36)23(15-29(43)41-30)34(45)40-27-16-37-11-10-24(27)35/h8-9,14-15,17-20,22,24,27,37H,2-7,10-13,16H2,1H3,(H,38,44)(H,40,45)/t18-,20-,22-,24+,27+/m1/s1. The number of imidazole rings is 1. The van der Waals surface area contributed by atoms with Crippen molar-refractivity contribution in [2.24, 2.45) is 11.8 Å². The maximum atomic E-state index is 15.6. The minimum absolute atomic E-state index is 0.126. The zero-order valence-electron chi connectivity index (χ0n) is 25.5. The van der Waals surface area contributed by atoms with Crippen molar-refractivity contribution in [1.82, 2.24) is 34.9 Å². The number of nitrogens with one attached hydrogen (secondary N) is 3. The van der Waals surface area contributed by atoms with Gasteiger partial charge in [-0.15, -0.1) is 0 Å². The fourth-order valence-corrected chi connectivity index (χ4v) is 7.35. The van der Waals surface area contributed by atoms with E-state index < -0.39 is 23.9 Å². The Hall–Kier alpha value is -3.86. The number of pyridine rings is 2. The molecule has 8 rings (SSSR count). The summed E-state index contributed by atoms with van der Waals surface area (Å²) < 4.78 is 34.0. The predicted molar refractivity (Wildman–Crippen MR) is 166 cm³/mol. The third-order valence-electron chi connectivity index (χ3n) is 10.2. The van der Waals surface area contributed by atoms with Gasteiger partial charge in [0.15, 0.2) is 5.82 Å². The van der Waals surface area contributed by atoms with Crippen LogP contribution in [0.5, 0.6) is 0 Å². The molecule has 236 valence electrons. The van der Waals surface area contributed by atoms with Gasteiger partial charge in [-0.05, 0) is 82.2 Å². The van der Waals surface area contributed by atoms with Crippen LogP contribution in [0.25, 0.3) is 28.1 Å². The molecule has 2 aliphatic carbocycles. The van der Waals surface area contributed by atoms with Crippen molar-refractivity contribution in [3.05, 3.63) is 53.2 Å². The van der Waals surface area contributed by atoms with E-state index >= 15 is 4.39 Å². The molecule has 4 aromatic rings. The minimum Gasteiger partial charge on any atom is -0.348 e. The van der Waals surface area contributed by atoms with Crippen molar-refractivity contribution in [2.75, 3.05) is 13.1 Å². The van der Waals surface area contributed by atoms with E-state index in [0.717, 1.165) is 85.3 Å². The molecule has 0 spiro atoms. The number of hydrogen-bond acceptors (Lipinski definition) is 5. The second-order valence-electron chi connectivity index (χ2n) is 13.5. The first-order valence-corrected chi connectivity index (χ1v) is 16.5. The second kappa shape index (κ2) is 11.2. The van der Waals surface area contributed by atoms with Gasteiger partial charge < -0.3 is 24.9 Å². The summed E-state index contributed by atoms with van der Waals surface area (Å²) in [6, 6.07) is 6.72. The van der Waals surface area contributed by atoms with Crippen LogP contribution in [0.3, 0.4) is 0 Å². The summed E-state index contributed by atoms with van der Waals surface area (Å²) in [5.74, 6) is -0.316. The molecule has 0 aromatic carbocycles. The lowest BCUT2D eigenvalue weighted by atomic mass is 10.0. The fraction of sp³-hybridized carbons (Fsp3) is 0.529. The van der Waals surface area contributed by atoms with E-state index in [9.17, 15) is 14.0 Å². The normalized spacial score (nSPS) is 27.3. The smallest absolute Gasteiger partial charge is 0.254 e. The molecule has 4 aliphatic rings. The van der Waals surface area contributed by atoms with Crippen LogP contribution in [-0.2, 0) is 11.3 Å². The summed E-state index contributed by atoms with van der Waals surface area (Å²) >= 11 is 0. The van der Waals surface area contributed by atoms with Gasteiger partial charge >= 0.3 is 0 Å². The molecular formula is C34H39F2N7O2. The first-order chi connectivity index (χ1) is 21.9. The molecule has 2 saturated carbocycles. The molecule has 0 radical (unpaired) electrons. The zero-order valence-corrected chi connectivity index (χ0v) is 25.5. The number of carbonyl (C=O) groups is 2. The Kier molecular flexibility index (Phi) is 7.11. The maximum Gasteiger partial charge on any atom is 0.254 e. The van der Waals surface area contributed by atoms with Gasteiger partial charge in [0.25, 0.3) is 5.91 Å². The number of alkyl halides is 1. The second-order valence-corrected chi connectivity index (χ2v) is 13.5. The van der Waals surface area contributed by atoms with E-state index in [1.165, 1.54) is 12.3 Å². The lowest BCUT2D eigenvalue weighted by Crippen LogP contribution is -2.52. The third kappa shape index (κ3) is 5.28. The quantitative estimate of drug-likeness (QED) is 0.293. The molecule has 2 amide bonds. The van der Waals surface area contributed by atoms with Crippen LogP contribution in [0, 0.1) is 17.7 Å². The highest BCUT2D eigenvalue weighted by Crippen LogP contribution is 2.46. The van der Waals surface area contributed by atoms with Gasteiger partial charge in [-0.1, -0.05) is 12.8 Å². The van der Waals surface area contributed by atoms with Gasteiger partial charge in [0.1, 0.15) is 23.2 Å². The van der Waals surface area contributed by atoms with Gasteiger partial charge in [0, 0.05) is 36.5 Å². The van der Waals surface area contributed by atoms with E-state index in [1.54, 1.807) is 4.40 Å². The fourth-order valence-electron chi connectivity index (χ4n) is 7.35. The Bertz CT molecular complexity index is 1810. The van der Waals surface area contributed by atoms with Crippen molar-refractivity contribution in [2.45, 2.75) is 89.0 Å². The molecule has 5 atom stereocenters. The van der Waals surface area contributed by atoms with Crippen molar-refractivity contribution < 1.29 is 18.4 Å². The number of fused-ring (bicyclic) bond motifs is 3. The first kappa shape index (κ1) is 28.6. The molecule has 3 N–H and O–H groups in total. The molecule has 1 saturated heterocycles.